The van der Waals surface area contributed by atoms with Crippen LogP contribution in [0.15, 0.2) is 58.3 Å². The average Bonchev–Trinajstić information content (AvgIpc) is 3.29. The molecule has 0 radical (unpaired) electrons. The van der Waals surface area contributed by atoms with Crippen molar-refractivity contribution in [2.24, 2.45) is 0 Å². The number of nitrogens with one attached hydrogen (secondary N) is 1. The third-order valence-corrected chi connectivity index (χ3v) is 5.98. The standard InChI is InChI=1S/C17H18N6O3S/c1-23-11-12(22-27(24,25)13-5-3-2-4-6-13)9-15(23)17-20-16(21-26-17)14-10-18-7-8-19-14/h2-8,10,12,15,22H,9,11H2,1H3. The second-order valence-corrected chi connectivity index (χ2v) is 8.08. The molecular weight excluding hydrogens is 368 g/mol. The largest absolute Gasteiger partial charge is 0.337 e. The Kier molecular flexibility index (Phi) is 4.68. The summed E-state index contributed by atoms with van der Waals surface area (Å²) < 4.78 is 33.2. The molecule has 2 atom stereocenters. The number of sulfonamides is 1. The summed E-state index contributed by atoms with van der Waals surface area (Å²) in [6, 6.07) is 7.90. The Morgan fingerprint density at radius 2 is 2.04 bits per heavy atom. The van der Waals surface area contributed by atoms with Crippen molar-refractivity contribution in [3.63, 3.8) is 0 Å². The van der Waals surface area contributed by atoms with Crippen molar-refractivity contribution in [1.82, 2.24) is 29.7 Å². The van der Waals surface area contributed by atoms with Gasteiger partial charge in [0, 0.05) is 25.0 Å². The van der Waals surface area contributed by atoms with Gasteiger partial charge in [0.2, 0.25) is 21.7 Å². The number of hydrogen-bond acceptors (Lipinski definition) is 8. The second kappa shape index (κ2) is 7.14. The molecule has 140 valence electrons. The van der Waals surface area contributed by atoms with Crippen LogP contribution in [0.2, 0.25) is 0 Å². The van der Waals surface area contributed by atoms with E-state index in [2.05, 4.69) is 24.8 Å². The highest BCUT2D eigenvalue weighted by molar-refractivity contribution is 7.89. The van der Waals surface area contributed by atoms with Crippen LogP contribution in [0.3, 0.4) is 0 Å². The Labute approximate surface area is 156 Å². The molecule has 9 nitrogen and oxygen atoms in total. The van der Waals surface area contributed by atoms with E-state index in [1.165, 1.54) is 0 Å². The van der Waals surface area contributed by atoms with Crippen molar-refractivity contribution in [3.8, 4) is 11.5 Å². The minimum Gasteiger partial charge on any atom is -0.337 e. The number of benzene rings is 1. The van der Waals surface area contributed by atoms with Crippen LogP contribution in [0, 0.1) is 0 Å². The molecule has 0 aliphatic carbocycles. The lowest BCUT2D eigenvalue weighted by atomic mass is 10.2. The lowest BCUT2D eigenvalue weighted by molar-refractivity contribution is 0.244. The van der Waals surface area contributed by atoms with E-state index in [1.807, 2.05) is 11.9 Å². The summed E-state index contributed by atoms with van der Waals surface area (Å²) in [6.45, 7) is 0.541. The van der Waals surface area contributed by atoms with Crippen LogP contribution in [0.4, 0.5) is 0 Å². The van der Waals surface area contributed by atoms with Gasteiger partial charge in [0.05, 0.1) is 17.1 Å². The fourth-order valence-corrected chi connectivity index (χ4v) is 4.41. The Morgan fingerprint density at radius 3 is 2.78 bits per heavy atom. The summed E-state index contributed by atoms with van der Waals surface area (Å²) >= 11 is 0. The van der Waals surface area contributed by atoms with Gasteiger partial charge < -0.3 is 4.52 Å². The van der Waals surface area contributed by atoms with Crippen LogP contribution in [0.5, 0.6) is 0 Å². The molecule has 1 aromatic carbocycles. The number of likely N-dealkylation sites (tertiary alicyclic amines) is 1. The first-order valence-corrected chi connectivity index (χ1v) is 9.89. The number of aromatic nitrogens is 4. The molecular formula is C17H18N6O3S. The van der Waals surface area contributed by atoms with Crippen molar-refractivity contribution < 1.29 is 12.9 Å². The first-order chi connectivity index (χ1) is 13.0. The first kappa shape index (κ1) is 17.7. The maximum Gasteiger partial charge on any atom is 0.244 e. The van der Waals surface area contributed by atoms with Gasteiger partial charge >= 0.3 is 0 Å². The summed E-state index contributed by atoms with van der Waals surface area (Å²) in [5.74, 6) is 0.791. The van der Waals surface area contributed by atoms with E-state index in [1.54, 1.807) is 48.9 Å². The van der Waals surface area contributed by atoms with E-state index in [4.69, 9.17) is 4.52 Å². The fourth-order valence-electron chi connectivity index (χ4n) is 3.15. The second-order valence-electron chi connectivity index (χ2n) is 6.37. The highest BCUT2D eigenvalue weighted by Crippen LogP contribution is 2.31. The van der Waals surface area contributed by atoms with Gasteiger partial charge in [0.15, 0.2) is 0 Å². The maximum absolute atomic E-state index is 12.5. The first-order valence-electron chi connectivity index (χ1n) is 8.40. The molecule has 1 aliphatic rings. The predicted octanol–water partition coefficient (Wildman–Crippen LogP) is 1.25. The van der Waals surface area contributed by atoms with Crippen molar-refractivity contribution in [3.05, 3.63) is 54.8 Å². The van der Waals surface area contributed by atoms with E-state index in [-0.39, 0.29) is 17.0 Å². The highest BCUT2D eigenvalue weighted by Gasteiger charge is 2.36. The molecule has 4 rings (SSSR count). The molecule has 1 saturated heterocycles. The molecule has 0 bridgehead atoms. The molecule has 2 aromatic heterocycles. The van der Waals surface area contributed by atoms with Crippen LogP contribution in [0.1, 0.15) is 18.4 Å². The van der Waals surface area contributed by atoms with Gasteiger partial charge in [0.1, 0.15) is 5.69 Å². The maximum atomic E-state index is 12.5. The van der Waals surface area contributed by atoms with Gasteiger partial charge in [-0.25, -0.2) is 18.1 Å². The lowest BCUT2D eigenvalue weighted by Gasteiger charge is -2.14. The molecule has 3 heterocycles. The zero-order chi connectivity index (χ0) is 18.9. The molecule has 1 aliphatic heterocycles. The van der Waals surface area contributed by atoms with Gasteiger partial charge in [-0.05, 0) is 25.6 Å². The third kappa shape index (κ3) is 3.72. The van der Waals surface area contributed by atoms with E-state index in [0.29, 0.717) is 30.4 Å². The SMILES string of the molecule is CN1CC(NS(=O)(=O)c2ccccc2)CC1c1nc(-c2cnccn2)no1. The predicted molar refractivity (Wildman–Crippen MR) is 95.9 cm³/mol. The van der Waals surface area contributed by atoms with Gasteiger partial charge in [-0.2, -0.15) is 4.98 Å². The third-order valence-electron chi connectivity index (χ3n) is 4.44. The topological polar surface area (TPSA) is 114 Å². The van der Waals surface area contributed by atoms with Crippen LogP contribution >= 0.6 is 0 Å². The fraction of sp³-hybridized carbons (Fsp3) is 0.294. The summed E-state index contributed by atoms with van der Waals surface area (Å²) in [4.78, 5) is 14.8. The van der Waals surface area contributed by atoms with Crippen LogP contribution < -0.4 is 4.72 Å². The average molecular weight is 386 g/mol. The minimum absolute atomic E-state index is 0.175. The van der Waals surface area contributed by atoms with Gasteiger partial charge in [-0.1, -0.05) is 23.4 Å². The zero-order valence-corrected chi connectivity index (χ0v) is 15.4. The molecule has 27 heavy (non-hydrogen) atoms. The minimum atomic E-state index is -3.57. The Morgan fingerprint density at radius 1 is 1.22 bits per heavy atom. The van der Waals surface area contributed by atoms with E-state index < -0.39 is 10.0 Å². The number of nitrogens with zero attached hydrogens (tertiary/aromatic N) is 5. The van der Waals surface area contributed by atoms with E-state index in [9.17, 15) is 8.42 Å². The summed E-state index contributed by atoms with van der Waals surface area (Å²) in [6.07, 6.45) is 5.22. The summed E-state index contributed by atoms with van der Waals surface area (Å²) in [5, 5.41) is 3.96. The van der Waals surface area contributed by atoms with Gasteiger partial charge in [0.25, 0.3) is 0 Å². The van der Waals surface area contributed by atoms with Gasteiger partial charge in [-0.3, -0.25) is 9.88 Å². The Balaban J connectivity index is 1.48. The molecule has 1 fully saturated rings. The number of likely N-dealkylation sites (N-methyl/N-ethyl adjacent to an activating group) is 1. The highest BCUT2D eigenvalue weighted by atomic mass is 32.2. The molecule has 1 N–H and O–H groups in total. The molecule has 2 unspecified atom stereocenters. The van der Waals surface area contributed by atoms with Crippen LogP contribution in [-0.4, -0.2) is 53.1 Å². The van der Waals surface area contributed by atoms with Crippen LogP contribution in [0.25, 0.3) is 11.5 Å². The number of rotatable bonds is 5. The van der Waals surface area contributed by atoms with E-state index in [0.717, 1.165) is 0 Å². The zero-order valence-electron chi connectivity index (χ0n) is 14.6. The molecule has 3 aromatic rings. The molecule has 0 amide bonds. The van der Waals surface area contributed by atoms with E-state index >= 15 is 0 Å². The quantitative estimate of drug-likeness (QED) is 0.697. The summed E-state index contributed by atoms with van der Waals surface area (Å²) in [5.41, 5.74) is 0.523. The Bertz CT molecular complexity index is 1010. The van der Waals surface area contributed by atoms with Crippen molar-refractivity contribution in [2.75, 3.05) is 13.6 Å². The van der Waals surface area contributed by atoms with Crippen LogP contribution in [-0.2, 0) is 10.0 Å². The normalized spacial score (nSPS) is 20.8. The number of hydrogen-bond donors (Lipinski definition) is 1. The lowest BCUT2D eigenvalue weighted by Crippen LogP contribution is -2.36. The summed E-state index contributed by atoms with van der Waals surface area (Å²) in [7, 11) is -1.68. The molecule has 0 saturated carbocycles. The van der Waals surface area contributed by atoms with Crippen molar-refractivity contribution in [2.45, 2.75) is 23.4 Å². The molecule has 10 heteroatoms. The Hall–Kier alpha value is -2.69. The smallest absolute Gasteiger partial charge is 0.244 e. The molecule has 0 spiro atoms. The van der Waals surface area contributed by atoms with Crippen molar-refractivity contribution >= 4 is 10.0 Å². The monoisotopic (exact) mass is 386 g/mol. The van der Waals surface area contributed by atoms with Crippen molar-refractivity contribution in [1.29, 1.82) is 0 Å². The van der Waals surface area contributed by atoms with Gasteiger partial charge in [-0.15, -0.1) is 0 Å².